The van der Waals surface area contributed by atoms with Gasteiger partial charge in [0.15, 0.2) is 0 Å². The minimum atomic E-state index is -0.185. The Hall–Kier alpha value is -4.29. The molecule has 1 amide bonds. The summed E-state index contributed by atoms with van der Waals surface area (Å²) >= 11 is 0. The largest absolute Gasteiger partial charge is 0.497 e. The summed E-state index contributed by atoms with van der Waals surface area (Å²) in [7, 11) is 5.41. The third-order valence-corrected chi connectivity index (χ3v) is 7.16. The maximum absolute atomic E-state index is 13.1. The van der Waals surface area contributed by atoms with Crippen molar-refractivity contribution in [2.75, 3.05) is 39.7 Å². The van der Waals surface area contributed by atoms with Crippen molar-refractivity contribution in [2.24, 2.45) is 0 Å². The molecule has 6 nitrogen and oxygen atoms in total. The van der Waals surface area contributed by atoms with Crippen molar-refractivity contribution in [1.82, 2.24) is 4.90 Å². The number of likely N-dealkylation sites (tertiary alicyclic amines) is 1. The average molecular weight is 523 g/mol. The van der Waals surface area contributed by atoms with E-state index in [-0.39, 0.29) is 12.0 Å². The molecule has 4 aromatic carbocycles. The number of carbonyl (C=O) groups is 1. The quantitative estimate of drug-likeness (QED) is 0.277. The van der Waals surface area contributed by atoms with Crippen molar-refractivity contribution in [1.29, 1.82) is 0 Å². The number of nitrogens with one attached hydrogen (secondary N) is 1. The summed E-state index contributed by atoms with van der Waals surface area (Å²) in [5, 5.41) is 3.01. The normalized spacial score (nSPS) is 14.0. The molecule has 0 aromatic heterocycles. The molecule has 200 valence electrons. The van der Waals surface area contributed by atoms with Crippen molar-refractivity contribution < 1.29 is 19.0 Å². The number of nitrogens with zero attached hydrogens (tertiary/aromatic N) is 1. The number of piperidine rings is 1. The topological polar surface area (TPSA) is 60.0 Å². The summed E-state index contributed by atoms with van der Waals surface area (Å²) in [5.41, 5.74) is 5.23. The molecule has 4 aromatic rings. The molecule has 1 saturated heterocycles. The summed E-state index contributed by atoms with van der Waals surface area (Å²) in [6, 6.07) is 29.2. The van der Waals surface area contributed by atoms with Gasteiger partial charge in [0.1, 0.15) is 23.4 Å². The minimum absolute atomic E-state index is 0.185. The fourth-order valence-electron chi connectivity index (χ4n) is 4.82. The average Bonchev–Trinajstić information content (AvgIpc) is 2.99. The monoisotopic (exact) mass is 522 g/mol. The van der Waals surface area contributed by atoms with Crippen LogP contribution in [0, 0.1) is 0 Å². The van der Waals surface area contributed by atoms with E-state index in [1.165, 1.54) is 0 Å². The van der Waals surface area contributed by atoms with Crippen LogP contribution in [0.2, 0.25) is 0 Å². The second-order valence-electron chi connectivity index (χ2n) is 9.82. The van der Waals surface area contributed by atoms with Crippen LogP contribution in [0.3, 0.4) is 0 Å². The van der Waals surface area contributed by atoms with Gasteiger partial charge in [-0.25, -0.2) is 0 Å². The van der Waals surface area contributed by atoms with Gasteiger partial charge in [0, 0.05) is 29.9 Å². The first-order valence-corrected chi connectivity index (χ1v) is 13.2. The van der Waals surface area contributed by atoms with E-state index in [4.69, 9.17) is 14.2 Å². The molecule has 5 rings (SSSR count). The van der Waals surface area contributed by atoms with E-state index in [1.54, 1.807) is 20.3 Å². The van der Waals surface area contributed by atoms with Gasteiger partial charge in [0.05, 0.1) is 14.2 Å². The van der Waals surface area contributed by atoms with Crippen molar-refractivity contribution in [3.8, 4) is 39.5 Å². The fourth-order valence-corrected chi connectivity index (χ4v) is 4.82. The number of benzene rings is 4. The Labute approximate surface area is 230 Å². The van der Waals surface area contributed by atoms with E-state index in [9.17, 15) is 4.79 Å². The number of hydrogen-bond acceptors (Lipinski definition) is 5. The Balaban J connectivity index is 1.24. The van der Waals surface area contributed by atoms with Gasteiger partial charge < -0.3 is 24.4 Å². The molecule has 39 heavy (non-hydrogen) atoms. The van der Waals surface area contributed by atoms with Gasteiger partial charge in [-0.05, 0) is 91.2 Å². The highest BCUT2D eigenvalue weighted by molar-refractivity contribution is 6.05. The SMILES string of the molecule is COc1ccc(-c2cc(C(=O)Nc3ccc(-c4ccc(OC5CCN(C)CC5)cc4)cc3)ccc2OC)cc1. The van der Waals surface area contributed by atoms with E-state index in [0.29, 0.717) is 11.3 Å². The lowest BCUT2D eigenvalue weighted by Crippen LogP contribution is -2.35. The third-order valence-electron chi connectivity index (χ3n) is 7.16. The minimum Gasteiger partial charge on any atom is -0.497 e. The molecular weight excluding hydrogens is 488 g/mol. The predicted octanol–water partition coefficient (Wildman–Crippen LogP) is 6.76. The standard InChI is InChI=1S/C33H34N2O4/c1-35-20-18-30(19-21-35)39-29-15-6-24(7-16-29)23-4-11-27(12-5-23)34-33(36)26-10-17-32(38-3)31(22-26)25-8-13-28(37-2)14-9-25/h4-17,22,30H,18-21H2,1-3H3,(H,34,36). The molecule has 1 aliphatic rings. The predicted molar refractivity (Wildman–Crippen MR) is 156 cm³/mol. The first kappa shape index (κ1) is 26.3. The van der Waals surface area contributed by atoms with Crippen molar-refractivity contribution >= 4 is 11.6 Å². The molecule has 1 fully saturated rings. The maximum atomic E-state index is 13.1. The summed E-state index contributed by atoms with van der Waals surface area (Å²) in [5.74, 6) is 2.19. The van der Waals surface area contributed by atoms with E-state index >= 15 is 0 Å². The van der Waals surface area contributed by atoms with Crippen LogP contribution in [-0.4, -0.2) is 51.3 Å². The number of ether oxygens (including phenoxy) is 3. The molecule has 0 unspecified atom stereocenters. The number of amides is 1. The molecule has 0 aliphatic carbocycles. The van der Waals surface area contributed by atoms with Crippen LogP contribution in [-0.2, 0) is 0 Å². The summed E-state index contributed by atoms with van der Waals surface area (Å²) < 4.78 is 17.0. The smallest absolute Gasteiger partial charge is 0.255 e. The highest BCUT2D eigenvalue weighted by Gasteiger charge is 2.18. The van der Waals surface area contributed by atoms with Crippen LogP contribution in [0.15, 0.2) is 91.0 Å². The maximum Gasteiger partial charge on any atom is 0.255 e. The Morgan fingerprint density at radius 1 is 0.744 bits per heavy atom. The van der Waals surface area contributed by atoms with Crippen LogP contribution in [0.5, 0.6) is 17.2 Å². The molecule has 1 heterocycles. The highest BCUT2D eigenvalue weighted by atomic mass is 16.5. The molecule has 0 spiro atoms. The summed E-state index contributed by atoms with van der Waals surface area (Å²) in [4.78, 5) is 15.4. The zero-order valence-electron chi connectivity index (χ0n) is 22.6. The highest BCUT2D eigenvalue weighted by Crippen LogP contribution is 2.32. The molecule has 0 bridgehead atoms. The molecule has 1 aliphatic heterocycles. The molecular formula is C33H34N2O4. The lowest BCUT2D eigenvalue weighted by molar-refractivity contribution is 0.102. The molecule has 6 heteroatoms. The second kappa shape index (κ2) is 12.0. The molecule has 1 N–H and O–H groups in total. The van der Waals surface area contributed by atoms with Gasteiger partial charge in [0.2, 0.25) is 0 Å². The van der Waals surface area contributed by atoms with Gasteiger partial charge in [-0.3, -0.25) is 4.79 Å². The number of hydrogen-bond donors (Lipinski definition) is 1. The molecule has 0 radical (unpaired) electrons. The first-order chi connectivity index (χ1) is 19.0. The van der Waals surface area contributed by atoms with Crippen LogP contribution in [0.4, 0.5) is 5.69 Å². The first-order valence-electron chi connectivity index (χ1n) is 13.2. The van der Waals surface area contributed by atoms with E-state index in [1.807, 2.05) is 72.8 Å². The van der Waals surface area contributed by atoms with Crippen LogP contribution in [0.1, 0.15) is 23.2 Å². The van der Waals surface area contributed by atoms with Crippen molar-refractivity contribution in [2.45, 2.75) is 18.9 Å². The number of anilines is 1. The Morgan fingerprint density at radius 2 is 1.33 bits per heavy atom. The van der Waals surface area contributed by atoms with E-state index < -0.39 is 0 Å². The second-order valence-corrected chi connectivity index (χ2v) is 9.82. The Kier molecular flexibility index (Phi) is 8.13. The number of methoxy groups -OCH3 is 2. The van der Waals surface area contributed by atoms with Gasteiger partial charge >= 0.3 is 0 Å². The number of rotatable bonds is 8. The molecule has 0 atom stereocenters. The molecule has 0 saturated carbocycles. The Bertz CT molecular complexity index is 1390. The zero-order chi connectivity index (χ0) is 27.2. The van der Waals surface area contributed by atoms with Crippen molar-refractivity contribution in [3.05, 3.63) is 96.6 Å². The van der Waals surface area contributed by atoms with Crippen molar-refractivity contribution in [3.63, 3.8) is 0 Å². The fraction of sp³-hybridized carbons (Fsp3) is 0.242. The third kappa shape index (κ3) is 6.41. The van der Waals surface area contributed by atoms with Gasteiger partial charge in [-0.2, -0.15) is 0 Å². The van der Waals surface area contributed by atoms with Gasteiger partial charge in [-0.15, -0.1) is 0 Å². The van der Waals surface area contributed by atoms with Gasteiger partial charge in [-0.1, -0.05) is 36.4 Å². The van der Waals surface area contributed by atoms with E-state index in [0.717, 1.165) is 65.4 Å². The number of carbonyl (C=O) groups excluding carboxylic acids is 1. The van der Waals surface area contributed by atoms with Gasteiger partial charge in [0.25, 0.3) is 5.91 Å². The lowest BCUT2D eigenvalue weighted by atomic mass is 10.0. The van der Waals surface area contributed by atoms with Crippen LogP contribution < -0.4 is 19.5 Å². The van der Waals surface area contributed by atoms with E-state index in [2.05, 4.69) is 29.4 Å². The Morgan fingerprint density at radius 3 is 1.95 bits per heavy atom. The summed E-state index contributed by atoms with van der Waals surface area (Å²) in [6.07, 6.45) is 2.41. The lowest BCUT2D eigenvalue weighted by Gasteiger charge is -2.29. The van der Waals surface area contributed by atoms with Crippen LogP contribution in [0.25, 0.3) is 22.3 Å². The summed E-state index contributed by atoms with van der Waals surface area (Å²) in [6.45, 7) is 2.15. The van der Waals surface area contributed by atoms with Crippen LogP contribution >= 0.6 is 0 Å². The zero-order valence-corrected chi connectivity index (χ0v) is 22.6.